The average molecular weight is 786 g/mol. The maximum Gasteiger partial charge on any atom is 0.410 e. The summed E-state index contributed by atoms with van der Waals surface area (Å²) in [5, 5.41) is 5.02. The number of rotatable bonds is 6. The molecule has 3 heterocycles. The molecule has 1 saturated heterocycles. The van der Waals surface area contributed by atoms with Crippen LogP contribution in [0.1, 0.15) is 117 Å². The minimum absolute atomic E-state index is 0.137. The fourth-order valence-electron chi connectivity index (χ4n) is 8.54. The van der Waals surface area contributed by atoms with Crippen molar-refractivity contribution in [3.05, 3.63) is 34.9 Å². The van der Waals surface area contributed by atoms with Crippen molar-refractivity contribution in [3.8, 4) is 0 Å². The number of carbonyl (C=O) groups is 5. The smallest absolute Gasteiger partial charge is 0.410 e. The van der Waals surface area contributed by atoms with Gasteiger partial charge in [0.2, 0.25) is 21.8 Å². The zero-order chi connectivity index (χ0) is 40.3. The quantitative estimate of drug-likeness (QED) is 0.374. The number of hydrogen-bond donors (Lipinski definition) is 3. The van der Waals surface area contributed by atoms with Gasteiger partial charge in [-0.05, 0) is 72.0 Å². The van der Waals surface area contributed by atoms with Gasteiger partial charge in [-0.1, -0.05) is 86.4 Å². The lowest BCUT2D eigenvalue weighted by atomic mass is 9.81. The summed E-state index contributed by atoms with van der Waals surface area (Å²) in [6.07, 6.45) is 2.84. The Hall–Kier alpha value is -3.88. The molecule has 0 radical (unpaired) electrons. The topological polar surface area (TPSA) is 181 Å². The van der Waals surface area contributed by atoms with E-state index in [1.807, 2.05) is 32.9 Å². The first-order chi connectivity index (χ1) is 25.6. The molecule has 4 bridgehead atoms. The molecule has 3 aliphatic heterocycles. The third-order valence-electron chi connectivity index (χ3n) is 12.4. The van der Waals surface area contributed by atoms with Crippen molar-refractivity contribution in [1.82, 2.24) is 25.2 Å². The van der Waals surface area contributed by atoms with Crippen molar-refractivity contribution in [2.45, 2.75) is 149 Å². The van der Waals surface area contributed by atoms with Crippen LogP contribution >= 0.6 is 0 Å². The van der Waals surface area contributed by atoms with Crippen molar-refractivity contribution in [2.75, 3.05) is 13.2 Å². The van der Waals surface area contributed by atoms with Crippen molar-refractivity contribution in [3.63, 3.8) is 0 Å². The largest absolute Gasteiger partial charge is 0.449 e. The molecule has 3 fully saturated rings. The van der Waals surface area contributed by atoms with E-state index in [0.717, 1.165) is 36.8 Å². The third kappa shape index (κ3) is 8.32. The predicted molar refractivity (Wildman–Crippen MR) is 204 cm³/mol. The monoisotopic (exact) mass is 785 g/mol. The summed E-state index contributed by atoms with van der Waals surface area (Å²) in [6.45, 7) is 15.5. The molecule has 55 heavy (non-hydrogen) atoms. The van der Waals surface area contributed by atoms with Crippen LogP contribution in [0.2, 0.25) is 0 Å². The molecule has 14 nitrogen and oxygen atoms in total. The van der Waals surface area contributed by atoms with Gasteiger partial charge in [0.15, 0.2) is 0 Å². The molecule has 1 aromatic rings. The Morgan fingerprint density at radius 1 is 1.02 bits per heavy atom. The van der Waals surface area contributed by atoms with E-state index in [1.54, 1.807) is 39.5 Å². The number of hydrogen-bond acceptors (Lipinski definition) is 9. The number of fused-ring (bicyclic) bond motifs is 3. The van der Waals surface area contributed by atoms with Gasteiger partial charge in [-0.2, -0.15) is 0 Å². The van der Waals surface area contributed by atoms with Gasteiger partial charge in [0.1, 0.15) is 23.7 Å². The summed E-state index contributed by atoms with van der Waals surface area (Å²) >= 11 is 0. The van der Waals surface area contributed by atoms with E-state index in [1.165, 1.54) is 10.5 Å². The average Bonchev–Trinajstić information content (AvgIpc) is 4.00. The highest BCUT2D eigenvalue weighted by molar-refractivity contribution is 7.91. The van der Waals surface area contributed by atoms with Gasteiger partial charge in [-0.25, -0.2) is 18.0 Å². The fraction of sp³-hybridized carbons (Fsp3) is 0.725. The Labute approximate surface area is 325 Å². The Kier molecular flexibility index (Phi) is 10.8. The molecule has 2 aliphatic carbocycles. The van der Waals surface area contributed by atoms with Crippen LogP contribution in [0.5, 0.6) is 0 Å². The molecule has 6 rings (SSSR count). The number of ether oxygens (including phenoxy) is 2. The maximum atomic E-state index is 14.8. The van der Waals surface area contributed by atoms with Crippen molar-refractivity contribution in [1.29, 1.82) is 0 Å². The van der Waals surface area contributed by atoms with Crippen LogP contribution in [0.25, 0.3) is 0 Å². The van der Waals surface area contributed by atoms with Crippen LogP contribution in [-0.4, -0.2) is 90.3 Å². The molecule has 1 aromatic carbocycles. The van der Waals surface area contributed by atoms with Gasteiger partial charge in [-0.15, -0.1) is 0 Å². The number of sulfonamides is 1. The van der Waals surface area contributed by atoms with E-state index in [-0.39, 0.29) is 30.9 Å². The predicted octanol–water partition coefficient (Wildman–Crippen LogP) is 4.53. The number of amides is 5. The number of nitrogens with zero attached hydrogens (tertiary/aromatic N) is 2. The van der Waals surface area contributed by atoms with Crippen LogP contribution in [0.4, 0.5) is 9.59 Å². The van der Waals surface area contributed by atoms with Gasteiger partial charge in [-0.3, -0.25) is 24.0 Å². The lowest BCUT2D eigenvalue weighted by molar-refractivity contribution is -0.145. The summed E-state index contributed by atoms with van der Waals surface area (Å²) < 4.78 is 39.8. The highest BCUT2D eigenvalue weighted by atomic mass is 32.2. The molecule has 0 aromatic heterocycles. The van der Waals surface area contributed by atoms with Crippen LogP contribution in [0.3, 0.4) is 0 Å². The molecule has 304 valence electrons. The number of aryl methyl sites for hydroxylation is 1. The van der Waals surface area contributed by atoms with Crippen molar-refractivity contribution >= 4 is 39.9 Å². The van der Waals surface area contributed by atoms with Crippen molar-refractivity contribution < 1.29 is 41.9 Å². The second-order valence-corrected chi connectivity index (χ2v) is 20.8. The lowest BCUT2D eigenvalue weighted by Gasteiger charge is -2.38. The van der Waals surface area contributed by atoms with Crippen LogP contribution in [-0.2, 0) is 53.4 Å². The van der Waals surface area contributed by atoms with Crippen LogP contribution in [0, 0.1) is 22.2 Å². The normalized spacial score (nSPS) is 29.8. The number of cyclic esters (lactones) is 1. The van der Waals surface area contributed by atoms with Crippen LogP contribution < -0.4 is 15.4 Å². The van der Waals surface area contributed by atoms with E-state index in [2.05, 4.69) is 21.4 Å². The molecule has 2 saturated carbocycles. The first kappa shape index (κ1) is 40.8. The second-order valence-electron chi connectivity index (χ2n) is 18.8. The standard InChI is InChI=1S/C40H59N5O9S/c1-9-26-19-40(26,34(48)43-55(51,52)27-16-17-27)42-32(46)31-39(7,8)29-22-45(31)33(47)30(37(2,3)4)41-35(49)53-23-38(5,6)18-11-10-13-24-14-12-15-25-20-44(21-28(24)25)36(50)54-29/h12,14-15,26-27,29-31H,9-11,13,16-23H2,1-8H3,(H,41,49)(H,42,46)(H,43,48)/t26-,29+,30-,31-,40-/m1/s1. The highest BCUT2D eigenvalue weighted by Gasteiger charge is 2.64. The van der Waals surface area contributed by atoms with Crippen molar-refractivity contribution in [2.24, 2.45) is 22.2 Å². The zero-order valence-corrected chi connectivity index (χ0v) is 34.4. The van der Waals surface area contributed by atoms with Gasteiger partial charge in [0.05, 0.1) is 18.4 Å². The Balaban J connectivity index is 1.34. The number of alkyl carbamates (subject to hydrolysis) is 1. The molecule has 5 aliphatic rings. The zero-order valence-electron chi connectivity index (χ0n) is 33.6. The lowest BCUT2D eigenvalue weighted by Crippen LogP contribution is -2.62. The first-order valence-electron chi connectivity index (χ1n) is 19.8. The number of nitrogens with one attached hydrogen (secondary N) is 3. The summed E-state index contributed by atoms with van der Waals surface area (Å²) in [4.78, 5) is 73.4. The maximum absolute atomic E-state index is 14.8. The molecule has 3 N–H and O–H groups in total. The van der Waals surface area contributed by atoms with Crippen LogP contribution in [0.15, 0.2) is 18.2 Å². The van der Waals surface area contributed by atoms with E-state index in [9.17, 15) is 32.4 Å². The Bertz CT molecular complexity index is 1840. The minimum atomic E-state index is -3.90. The van der Waals surface area contributed by atoms with Gasteiger partial charge >= 0.3 is 12.2 Å². The summed E-state index contributed by atoms with van der Waals surface area (Å²) in [7, 11) is -3.90. The van der Waals surface area contributed by atoms with Gasteiger partial charge in [0.25, 0.3) is 5.91 Å². The second kappa shape index (κ2) is 14.6. The number of benzene rings is 1. The third-order valence-corrected chi connectivity index (χ3v) is 14.2. The molecule has 15 heteroatoms. The first-order valence-corrected chi connectivity index (χ1v) is 21.3. The number of carbonyl (C=O) groups excluding carboxylic acids is 5. The van der Waals surface area contributed by atoms with E-state index in [4.69, 9.17) is 9.47 Å². The summed E-state index contributed by atoms with van der Waals surface area (Å²) in [5.41, 5.74) is -0.526. The highest BCUT2D eigenvalue weighted by Crippen LogP contribution is 2.48. The Morgan fingerprint density at radius 3 is 2.35 bits per heavy atom. The van der Waals surface area contributed by atoms with E-state index in [0.29, 0.717) is 32.4 Å². The van der Waals surface area contributed by atoms with Gasteiger partial charge < -0.3 is 25.0 Å². The molecule has 0 unspecified atom stereocenters. The Morgan fingerprint density at radius 2 is 1.71 bits per heavy atom. The summed E-state index contributed by atoms with van der Waals surface area (Å²) in [6, 6.07) is 3.70. The fourth-order valence-corrected chi connectivity index (χ4v) is 9.90. The van der Waals surface area contributed by atoms with E-state index < -0.39 is 79.7 Å². The molecular formula is C40H59N5O9S. The minimum Gasteiger partial charge on any atom is -0.449 e. The SMILES string of the molecule is CC[C@@H]1C[C@]1(NC(=O)[C@H]1N2C[C@H](OC(=O)N3Cc4cccc(c4C3)CCCCC(C)(C)COC(=O)N[C@@H](C(C)(C)C)C2=O)C1(C)C)C(=O)NS(=O)(=O)C1CC1. The molecule has 5 atom stereocenters. The van der Waals surface area contributed by atoms with Gasteiger partial charge in [0, 0.05) is 18.5 Å². The molecule has 5 amide bonds. The molecular weight excluding hydrogens is 727 g/mol. The van der Waals surface area contributed by atoms with E-state index >= 15 is 0 Å². The summed E-state index contributed by atoms with van der Waals surface area (Å²) in [5.74, 6) is -2.39. The molecule has 0 spiro atoms.